The molecule has 0 aromatic carbocycles. The van der Waals surface area contributed by atoms with E-state index < -0.39 is 15.2 Å². The molecule has 0 spiro atoms. The molecule has 1 atom stereocenters. The monoisotopic (exact) mass is 307 g/mol. The second-order valence-corrected chi connectivity index (χ2v) is 7.78. The number of sulfone groups is 1. The highest BCUT2D eigenvalue weighted by Crippen LogP contribution is 2.20. The van der Waals surface area contributed by atoms with Gasteiger partial charge in [0.2, 0.25) is 0 Å². The number of carbonyl (C=O) groups is 1. The average molecular weight is 307 g/mol. The molecule has 1 fully saturated rings. The van der Waals surface area contributed by atoms with Gasteiger partial charge in [-0.25, -0.2) is 13.2 Å². The molecule has 0 aromatic rings. The summed E-state index contributed by atoms with van der Waals surface area (Å²) in [5.41, 5.74) is 0.591. The zero-order valence-corrected chi connectivity index (χ0v) is 13.2. The van der Waals surface area contributed by atoms with Crippen LogP contribution >= 0.6 is 11.8 Å². The molecule has 0 radical (unpaired) electrons. The fourth-order valence-electron chi connectivity index (χ4n) is 1.95. The number of thioether (sulfide) groups is 1. The first kappa shape index (κ1) is 16.5. The summed E-state index contributed by atoms with van der Waals surface area (Å²) in [7, 11) is -1.75. The highest BCUT2D eigenvalue weighted by atomic mass is 32.2. The lowest BCUT2D eigenvalue weighted by Crippen LogP contribution is -2.46. The predicted octanol–water partition coefficient (Wildman–Crippen LogP) is 0.915. The molecule has 19 heavy (non-hydrogen) atoms. The zero-order chi connectivity index (χ0) is 14.5. The molecule has 0 amide bonds. The molecule has 110 valence electrons. The van der Waals surface area contributed by atoms with Crippen molar-refractivity contribution in [2.45, 2.75) is 18.7 Å². The minimum atomic E-state index is -3.10. The highest BCUT2D eigenvalue weighted by molar-refractivity contribution is 8.00. The molecule has 0 aliphatic carbocycles. The van der Waals surface area contributed by atoms with Gasteiger partial charge in [-0.05, 0) is 6.42 Å². The standard InChI is InChI=1S/C12H21NO4S2/c1-4-10(12(14)17-2)5-6-13-7-8-18-9-11(13)19(3,15)16/h5,11H,4,6-9H2,1-3H3. The number of ether oxygens (including phenoxy) is 1. The van der Waals surface area contributed by atoms with Crippen LogP contribution < -0.4 is 0 Å². The minimum absolute atomic E-state index is 0.343. The van der Waals surface area contributed by atoms with Crippen molar-refractivity contribution < 1.29 is 17.9 Å². The van der Waals surface area contributed by atoms with E-state index in [1.54, 1.807) is 17.8 Å². The Bertz CT molecular complexity index is 445. The summed E-state index contributed by atoms with van der Waals surface area (Å²) in [6.45, 7) is 3.07. The van der Waals surface area contributed by atoms with E-state index in [1.165, 1.54) is 13.4 Å². The Labute approximate surface area is 119 Å². The van der Waals surface area contributed by atoms with Gasteiger partial charge in [0.1, 0.15) is 5.37 Å². The maximum Gasteiger partial charge on any atom is 0.333 e. The van der Waals surface area contributed by atoms with Crippen LogP contribution in [0.4, 0.5) is 0 Å². The predicted molar refractivity (Wildman–Crippen MR) is 77.9 cm³/mol. The molecular weight excluding hydrogens is 286 g/mol. The van der Waals surface area contributed by atoms with Crippen LogP contribution in [0.25, 0.3) is 0 Å². The average Bonchev–Trinajstić information content (AvgIpc) is 2.38. The second kappa shape index (κ2) is 7.31. The fraction of sp³-hybridized carbons (Fsp3) is 0.750. The van der Waals surface area contributed by atoms with Gasteiger partial charge in [-0.3, -0.25) is 4.90 Å². The maximum atomic E-state index is 11.7. The van der Waals surface area contributed by atoms with Crippen molar-refractivity contribution >= 4 is 27.6 Å². The van der Waals surface area contributed by atoms with Crippen molar-refractivity contribution in [1.29, 1.82) is 0 Å². The van der Waals surface area contributed by atoms with Crippen LogP contribution in [0.5, 0.6) is 0 Å². The van der Waals surface area contributed by atoms with E-state index in [4.69, 9.17) is 0 Å². The molecule has 5 nitrogen and oxygen atoms in total. The molecule has 0 N–H and O–H groups in total. The van der Waals surface area contributed by atoms with Crippen LogP contribution in [0.15, 0.2) is 11.6 Å². The fourth-order valence-corrected chi connectivity index (χ4v) is 4.90. The normalized spacial score (nSPS) is 22.3. The Hall–Kier alpha value is -0.530. The van der Waals surface area contributed by atoms with Gasteiger partial charge in [0.25, 0.3) is 0 Å². The van der Waals surface area contributed by atoms with Crippen LogP contribution in [0, 0.1) is 0 Å². The van der Waals surface area contributed by atoms with Crippen molar-refractivity contribution in [3.63, 3.8) is 0 Å². The Morgan fingerprint density at radius 3 is 2.74 bits per heavy atom. The number of carbonyl (C=O) groups excluding carboxylic acids is 1. The third kappa shape index (κ3) is 4.81. The molecule has 0 saturated carbocycles. The lowest BCUT2D eigenvalue weighted by atomic mass is 10.2. The van der Waals surface area contributed by atoms with Gasteiger partial charge in [-0.2, -0.15) is 11.8 Å². The molecule has 1 unspecified atom stereocenters. The zero-order valence-electron chi connectivity index (χ0n) is 11.6. The topological polar surface area (TPSA) is 63.7 Å². The largest absolute Gasteiger partial charge is 0.466 e. The number of rotatable bonds is 5. The van der Waals surface area contributed by atoms with Crippen LogP contribution in [-0.4, -0.2) is 62.6 Å². The highest BCUT2D eigenvalue weighted by Gasteiger charge is 2.30. The lowest BCUT2D eigenvalue weighted by Gasteiger charge is -2.33. The summed E-state index contributed by atoms with van der Waals surface area (Å²) < 4.78 is 28.2. The Morgan fingerprint density at radius 1 is 1.53 bits per heavy atom. The van der Waals surface area contributed by atoms with Crippen LogP contribution in [0.1, 0.15) is 13.3 Å². The van der Waals surface area contributed by atoms with E-state index >= 15 is 0 Å². The summed E-state index contributed by atoms with van der Waals surface area (Å²) in [5, 5.41) is -0.460. The van der Waals surface area contributed by atoms with Crippen molar-refractivity contribution in [1.82, 2.24) is 4.90 Å². The number of hydrogen-bond donors (Lipinski definition) is 0. The first-order valence-electron chi connectivity index (χ1n) is 6.18. The number of esters is 1. The Morgan fingerprint density at radius 2 is 2.21 bits per heavy atom. The molecule has 0 aromatic heterocycles. The van der Waals surface area contributed by atoms with E-state index in [9.17, 15) is 13.2 Å². The van der Waals surface area contributed by atoms with Crippen LogP contribution in [-0.2, 0) is 19.4 Å². The smallest absolute Gasteiger partial charge is 0.333 e. The third-order valence-electron chi connectivity index (χ3n) is 3.09. The van der Waals surface area contributed by atoms with Crippen molar-refractivity contribution in [2.75, 3.05) is 38.0 Å². The van der Waals surface area contributed by atoms with E-state index in [0.717, 1.165) is 12.3 Å². The number of nitrogens with zero attached hydrogens (tertiary/aromatic N) is 1. The summed E-state index contributed by atoms with van der Waals surface area (Å²) in [6.07, 6.45) is 3.63. The SMILES string of the molecule is CCC(=CCN1CCSCC1S(C)(=O)=O)C(=O)OC. The maximum absolute atomic E-state index is 11.7. The van der Waals surface area contributed by atoms with Crippen LogP contribution in [0.2, 0.25) is 0 Å². The quantitative estimate of drug-likeness (QED) is 0.556. The van der Waals surface area contributed by atoms with Crippen LogP contribution in [0.3, 0.4) is 0 Å². The second-order valence-electron chi connectivity index (χ2n) is 4.43. The van der Waals surface area contributed by atoms with Gasteiger partial charge in [0.15, 0.2) is 9.84 Å². The van der Waals surface area contributed by atoms with Gasteiger partial charge in [-0.1, -0.05) is 13.0 Å². The summed E-state index contributed by atoms with van der Waals surface area (Å²) in [4.78, 5) is 13.4. The lowest BCUT2D eigenvalue weighted by molar-refractivity contribution is -0.136. The van der Waals surface area contributed by atoms with Gasteiger partial charge < -0.3 is 4.74 Å². The van der Waals surface area contributed by atoms with E-state index in [0.29, 0.717) is 24.3 Å². The summed E-state index contributed by atoms with van der Waals surface area (Å²) >= 11 is 1.65. The molecule has 7 heteroatoms. The Balaban J connectivity index is 2.78. The van der Waals surface area contributed by atoms with E-state index in [1.807, 2.05) is 11.8 Å². The van der Waals surface area contributed by atoms with Crippen molar-refractivity contribution in [2.24, 2.45) is 0 Å². The van der Waals surface area contributed by atoms with E-state index in [-0.39, 0.29) is 5.97 Å². The minimum Gasteiger partial charge on any atom is -0.466 e. The third-order valence-corrected chi connectivity index (χ3v) is 5.77. The molecule has 1 heterocycles. The van der Waals surface area contributed by atoms with Gasteiger partial charge in [-0.15, -0.1) is 0 Å². The van der Waals surface area contributed by atoms with Gasteiger partial charge in [0.05, 0.1) is 7.11 Å². The van der Waals surface area contributed by atoms with Gasteiger partial charge in [0, 0.05) is 36.4 Å². The van der Waals surface area contributed by atoms with E-state index in [2.05, 4.69) is 4.74 Å². The first-order valence-corrected chi connectivity index (χ1v) is 9.29. The van der Waals surface area contributed by atoms with Crippen molar-refractivity contribution in [3.8, 4) is 0 Å². The molecule has 1 aliphatic heterocycles. The Kier molecular flexibility index (Phi) is 6.35. The molecule has 1 saturated heterocycles. The first-order chi connectivity index (χ1) is 8.90. The molecule has 1 aliphatic rings. The molecule has 0 bridgehead atoms. The number of methoxy groups -OCH3 is 1. The van der Waals surface area contributed by atoms with Gasteiger partial charge >= 0.3 is 5.97 Å². The molecular formula is C12H21NO4S2. The van der Waals surface area contributed by atoms with Crippen molar-refractivity contribution in [3.05, 3.63) is 11.6 Å². The number of hydrogen-bond acceptors (Lipinski definition) is 6. The summed E-state index contributed by atoms with van der Waals surface area (Å²) in [6, 6.07) is 0. The summed E-state index contributed by atoms with van der Waals surface area (Å²) in [5.74, 6) is 1.16. The molecule has 1 rings (SSSR count).